The van der Waals surface area contributed by atoms with Gasteiger partial charge in [0.25, 0.3) is 0 Å². The fourth-order valence-corrected chi connectivity index (χ4v) is 2.54. The van der Waals surface area contributed by atoms with Gasteiger partial charge in [0.2, 0.25) is 0 Å². The predicted molar refractivity (Wildman–Crippen MR) is 39.3 cm³/mol. The smallest absolute Gasteiger partial charge is 0.0238 e. The second-order valence-electron chi connectivity index (χ2n) is 4.27. The molecule has 2 rings (SSSR count). The Hall–Kier alpha value is 0. The van der Waals surface area contributed by atoms with Gasteiger partial charge in [-0.15, -0.1) is 0 Å². The van der Waals surface area contributed by atoms with Crippen molar-refractivity contribution in [2.45, 2.75) is 46.0 Å². The fourth-order valence-electron chi connectivity index (χ4n) is 2.54. The Balaban J connectivity index is 1.96. The van der Waals surface area contributed by atoms with Crippen LogP contribution in [0.4, 0.5) is 0 Å². The van der Waals surface area contributed by atoms with Gasteiger partial charge >= 0.3 is 0 Å². The predicted octanol–water partition coefficient (Wildman–Crippen LogP) is 2.98. The highest BCUT2D eigenvalue weighted by molar-refractivity contribution is 5.19. The number of rotatable bonds is 2. The standard InChI is InChI=1S/C9H16/c1-3-4-8(2)7-9(8)5-6-9/h3-7H2,1-2H3. The third-order valence-electron chi connectivity index (χ3n) is 3.54. The molecule has 0 saturated heterocycles. The average Bonchev–Trinajstić information content (AvgIpc) is 2.56. The van der Waals surface area contributed by atoms with E-state index in [1.807, 2.05) is 0 Å². The first-order chi connectivity index (χ1) is 4.22. The molecule has 52 valence electrons. The first-order valence-corrected chi connectivity index (χ1v) is 4.22. The summed E-state index contributed by atoms with van der Waals surface area (Å²) in [5, 5.41) is 0. The summed E-state index contributed by atoms with van der Waals surface area (Å²) in [6.07, 6.45) is 7.51. The molecule has 1 spiro atoms. The summed E-state index contributed by atoms with van der Waals surface area (Å²) in [6, 6.07) is 0. The van der Waals surface area contributed by atoms with Crippen molar-refractivity contribution in [3.05, 3.63) is 0 Å². The van der Waals surface area contributed by atoms with Crippen LogP contribution in [0.2, 0.25) is 0 Å². The minimum Gasteiger partial charge on any atom is -0.0654 e. The Kier molecular flexibility index (Phi) is 0.868. The summed E-state index contributed by atoms with van der Waals surface area (Å²) in [7, 11) is 0. The zero-order chi connectivity index (χ0) is 6.54. The van der Waals surface area contributed by atoms with E-state index in [1.54, 1.807) is 19.3 Å². The topological polar surface area (TPSA) is 0 Å². The van der Waals surface area contributed by atoms with Crippen molar-refractivity contribution in [1.82, 2.24) is 0 Å². The highest BCUT2D eigenvalue weighted by Gasteiger charge is 2.69. The van der Waals surface area contributed by atoms with Crippen LogP contribution in [0.15, 0.2) is 0 Å². The quantitative estimate of drug-likeness (QED) is 0.531. The molecule has 0 amide bonds. The Morgan fingerprint density at radius 2 is 2.00 bits per heavy atom. The van der Waals surface area contributed by atoms with E-state index >= 15 is 0 Å². The molecule has 0 radical (unpaired) electrons. The van der Waals surface area contributed by atoms with E-state index < -0.39 is 0 Å². The maximum absolute atomic E-state index is 2.48. The van der Waals surface area contributed by atoms with Gasteiger partial charge in [-0.05, 0) is 36.5 Å². The minimum atomic E-state index is 0.807. The van der Waals surface area contributed by atoms with Crippen molar-refractivity contribution in [3.63, 3.8) is 0 Å². The van der Waals surface area contributed by atoms with Crippen molar-refractivity contribution in [2.75, 3.05) is 0 Å². The Morgan fingerprint density at radius 1 is 1.33 bits per heavy atom. The lowest BCUT2D eigenvalue weighted by Crippen LogP contribution is -1.95. The lowest BCUT2D eigenvalue weighted by Gasteiger charge is -2.06. The summed E-state index contributed by atoms with van der Waals surface area (Å²) < 4.78 is 0. The van der Waals surface area contributed by atoms with Gasteiger partial charge in [0.1, 0.15) is 0 Å². The first-order valence-electron chi connectivity index (χ1n) is 4.22. The van der Waals surface area contributed by atoms with E-state index in [-0.39, 0.29) is 0 Å². The van der Waals surface area contributed by atoms with Crippen LogP contribution < -0.4 is 0 Å². The SMILES string of the molecule is CCCC1(C)CC12CC2. The molecule has 2 aliphatic rings. The van der Waals surface area contributed by atoms with E-state index in [9.17, 15) is 0 Å². The molecule has 0 aromatic heterocycles. The van der Waals surface area contributed by atoms with E-state index in [0.29, 0.717) is 0 Å². The number of hydrogen-bond acceptors (Lipinski definition) is 0. The van der Waals surface area contributed by atoms with Crippen molar-refractivity contribution >= 4 is 0 Å². The van der Waals surface area contributed by atoms with Gasteiger partial charge < -0.3 is 0 Å². The fraction of sp³-hybridized carbons (Fsp3) is 1.00. The highest BCUT2D eigenvalue weighted by Crippen LogP contribution is 2.79. The van der Waals surface area contributed by atoms with E-state index in [0.717, 1.165) is 10.8 Å². The monoisotopic (exact) mass is 124 g/mol. The second kappa shape index (κ2) is 1.36. The van der Waals surface area contributed by atoms with Gasteiger partial charge in [-0.1, -0.05) is 20.3 Å². The third kappa shape index (κ3) is 0.595. The van der Waals surface area contributed by atoms with E-state index in [1.165, 1.54) is 12.8 Å². The van der Waals surface area contributed by atoms with Gasteiger partial charge in [0.05, 0.1) is 0 Å². The van der Waals surface area contributed by atoms with Gasteiger partial charge in [-0.25, -0.2) is 0 Å². The van der Waals surface area contributed by atoms with Gasteiger partial charge in [0, 0.05) is 0 Å². The van der Waals surface area contributed by atoms with E-state index in [2.05, 4.69) is 13.8 Å². The van der Waals surface area contributed by atoms with Crippen LogP contribution in [-0.2, 0) is 0 Å². The van der Waals surface area contributed by atoms with Gasteiger partial charge in [0.15, 0.2) is 0 Å². The Bertz CT molecular complexity index is 133. The lowest BCUT2D eigenvalue weighted by atomic mass is 9.99. The van der Waals surface area contributed by atoms with Crippen molar-refractivity contribution in [1.29, 1.82) is 0 Å². The minimum absolute atomic E-state index is 0.807. The molecule has 0 aromatic carbocycles. The molecule has 1 unspecified atom stereocenters. The van der Waals surface area contributed by atoms with Crippen LogP contribution in [0.5, 0.6) is 0 Å². The largest absolute Gasteiger partial charge is 0.0654 e. The van der Waals surface area contributed by atoms with Gasteiger partial charge in [-0.3, -0.25) is 0 Å². The summed E-state index contributed by atoms with van der Waals surface area (Å²) >= 11 is 0. The van der Waals surface area contributed by atoms with Crippen LogP contribution in [-0.4, -0.2) is 0 Å². The Morgan fingerprint density at radius 3 is 2.33 bits per heavy atom. The molecule has 0 N–H and O–H groups in total. The molecular formula is C9H16. The van der Waals surface area contributed by atoms with Crippen LogP contribution in [0.25, 0.3) is 0 Å². The maximum Gasteiger partial charge on any atom is -0.0238 e. The third-order valence-corrected chi connectivity index (χ3v) is 3.54. The zero-order valence-electron chi connectivity index (χ0n) is 6.54. The second-order valence-corrected chi connectivity index (χ2v) is 4.27. The molecule has 2 saturated carbocycles. The first kappa shape index (κ1) is 5.76. The van der Waals surface area contributed by atoms with Gasteiger partial charge in [-0.2, -0.15) is 0 Å². The van der Waals surface area contributed by atoms with E-state index in [4.69, 9.17) is 0 Å². The summed E-state index contributed by atoms with van der Waals surface area (Å²) in [4.78, 5) is 0. The molecule has 2 aliphatic carbocycles. The molecule has 2 fully saturated rings. The van der Waals surface area contributed by atoms with Crippen LogP contribution in [0.3, 0.4) is 0 Å². The molecule has 9 heavy (non-hydrogen) atoms. The highest BCUT2D eigenvalue weighted by atomic mass is 14.7. The summed E-state index contributed by atoms with van der Waals surface area (Å²) in [6.45, 7) is 4.78. The molecule has 0 aromatic rings. The molecule has 0 aliphatic heterocycles. The molecule has 0 heterocycles. The summed E-state index contributed by atoms with van der Waals surface area (Å²) in [5.41, 5.74) is 1.71. The van der Waals surface area contributed by atoms with Crippen LogP contribution in [0, 0.1) is 10.8 Å². The molecular weight excluding hydrogens is 108 g/mol. The van der Waals surface area contributed by atoms with Crippen molar-refractivity contribution in [2.24, 2.45) is 10.8 Å². The lowest BCUT2D eigenvalue weighted by molar-refractivity contribution is 0.447. The summed E-state index contributed by atoms with van der Waals surface area (Å²) in [5.74, 6) is 0. The molecule has 0 heteroatoms. The van der Waals surface area contributed by atoms with Crippen molar-refractivity contribution < 1.29 is 0 Å². The maximum atomic E-state index is 2.48. The molecule has 1 atom stereocenters. The molecule has 0 bridgehead atoms. The Labute approximate surface area is 57.6 Å². The van der Waals surface area contributed by atoms with Crippen molar-refractivity contribution in [3.8, 4) is 0 Å². The van der Waals surface area contributed by atoms with Crippen LogP contribution in [0.1, 0.15) is 46.0 Å². The van der Waals surface area contributed by atoms with Crippen LogP contribution >= 0.6 is 0 Å². The normalized spacial score (nSPS) is 43.3. The average molecular weight is 124 g/mol. The molecule has 0 nitrogen and oxygen atoms in total. The zero-order valence-corrected chi connectivity index (χ0v) is 6.54. The number of hydrogen-bond donors (Lipinski definition) is 0.